The predicted octanol–water partition coefficient (Wildman–Crippen LogP) is 2.50. The number of nitriles is 1. The van der Waals surface area contributed by atoms with Gasteiger partial charge in [0.25, 0.3) is 11.8 Å². The molecule has 1 aromatic carbocycles. The number of ether oxygens (including phenoxy) is 2. The maximum Gasteiger partial charge on any atom is 0.254 e. The number of benzene rings is 1. The van der Waals surface area contributed by atoms with Crippen LogP contribution in [0.4, 0.5) is 0 Å². The lowest BCUT2D eigenvalue weighted by atomic mass is 9.85. The minimum atomic E-state index is -0.274. The molecule has 1 saturated carbocycles. The van der Waals surface area contributed by atoms with Gasteiger partial charge < -0.3 is 9.47 Å². The molecule has 4 rings (SSSR count). The summed E-state index contributed by atoms with van der Waals surface area (Å²) in [6.45, 7) is -0.105. The van der Waals surface area contributed by atoms with Crippen LogP contribution in [0.2, 0.25) is 0 Å². The Labute approximate surface area is 164 Å². The Kier molecular flexibility index (Phi) is 4.48. The number of methoxy groups -OCH3 is 1. The van der Waals surface area contributed by atoms with Crippen molar-refractivity contribution < 1.29 is 19.1 Å². The third kappa shape index (κ3) is 2.82. The Morgan fingerprint density at radius 2 is 1.93 bits per heavy atom. The minimum Gasteiger partial charge on any atom is -0.493 e. The number of nitrogens with zero attached hydrogens (tertiary/aromatic N) is 3. The van der Waals surface area contributed by atoms with Gasteiger partial charge >= 0.3 is 0 Å². The van der Waals surface area contributed by atoms with E-state index in [1.54, 1.807) is 12.1 Å². The monoisotopic (exact) mass is 429 g/mol. The zero-order valence-corrected chi connectivity index (χ0v) is 16.0. The number of imide groups is 1. The third-order valence-electron chi connectivity index (χ3n) is 5.33. The van der Waals surface area contributed by atoms with Gasteiger partial charge in [0.15, 0.2) is 18.1 Å². The van der Waals surface area contributed by atoms with Crippen LogP contribution in [-0.4, -0.2) is 36.8 Å². The predicted molar refractivity (Wildman–Crippen MR) is 99.0 cm³/mol. The first kappa shape index (κ1) is 17.7. The fourth-order valence-corrected chi connectivity index (χ4v) is 4.58. The largest absolute Gasteiger partial charge is 0.493 e. The molecule has 0 unspecified atom stereocenters. The maximum atomic E-state index is 12.7. The van der Waals surface area contributed by atoms with Gasteiger partial charge in [-0.15, -0.1) is 0 Å². The Bertz CT molecular complexity index is 890. The van der Waals surface area contributed by atoms with Crippen molar-refractivity contribution in [3.05, 3.63) is 34.3 Å². The molecule has 138 valence electrons. The van der Waals surface area contributed by atoms with Gasteiger partial charge in [0.1, 0.15) is 6.07 Å². The van der Waals surface area contributed by atoms with Crippen LogP contribution >= 0.6 is 15.9 Å². The molecular formula is C19H16BrN3O4. The lowest BCUT2D eigenvalue weighted by molar-refractivity contribution is -0.140. The topological polar surface area (TPSA) is 92.0 Å². The number of rotatable bonds is 5. The summed E-state index contributed by atoms with van der Waals surface area (Å²) in [5.74, 6) is 0.140. The number of hydrogen-bond donors (Lipinski definition) is 0. The maximum absolute atomic E-state index is 12.7. The number of amides is 2. The molecule has 0 aromatic heterocycles. The molecule has 27 heavy (non-hydrogen) atoms. The Balaban J connectivity index is 1.58. The van der Waals surface area contributed by atoms with Gasteiger partial charge in [0, 0.05) is 10.0 Å². The number of hydrazone groups is 1. The molecule has 1 saturated heterocycles. The summed E-state index contributed by atoms with van der Waals surface area (Å²) in [5.41, 5.74) is 0.620. The van der Waals surface area contributed by atoms with Crippen LogP contribution in [0.3, 0.4) is 0 Å². The second kappa shape index (κ2) is 6.82. The van der Waals surface area contributed by atoms with E-state index in [0.29, 0.717) is 21.5 Å². The average Bonchev–Trinajstić information content (AvgIpc) is 3.34. The van der Waals surface area contributed by atoms with Crippen molar-refractivity contribution in [1.82, 2.24) is 5.01 Å². The van der Waals surface area contributed by atoms with E-state index in [1.807, 2.05) is 18.2 Å². The SMILES string of the molecule is COc1cc(C=NN2C(=O)[C@@H]3[C@H](C2=O)[C@H]2C=C[C@H]3C2)c(Br)cc1OCC#N. The summed E-state index contributed by atoms with van der Waals surface area (Å²) in [4.78, 5) is 25.3. The standard InChI is InChI=1S/C19H16BrN3O4/c1-26-14-7-12(13(20)8-15(14)27-5-4-21)9-22-23-18(24)16-10-2-3-11(6-10)17(16)19(23)25/h2-3,7-11,16-17H,5-6H2,1H3/t10-,11-,16-,17+/m0/s1. The zero-order chi connectivity index (χ0) is 19.1. The molecule has 2 aliphatic carbocycles. The summed E-state index contributed by atoms with van der Waals surface area (Å²) in [6.07, 6.45) is 6.43. The van der Waals surface area contributed by atoms with E-state index in [0.717, 1.165) is 11.4 Å². The molecule has 3 aliphatic rings. The Morgan fingerprint density at radius 3 is 2.52 bits per heavy atom. The van der Waals surface area contributed by atoms with Crippen LogP contribution in [0.5, 0.6) is 11.5 Å². The van der Waals surface area contributed by atoms with Crippen molar-refractivity contribution >= 4 is 34.0 Å². The second-order valence-corrected chi connectivity index (χ2v) is 7.56. The van der Waals surface area contributed by atoms with E-state index in [4.69, 9.17) is 14.7 Å². The fourth-order valence-electron chi connectivity index (χ4n) is 4.15. The lowest BCUT2D eigenvalue weighted by Gasteiger charge is -2.13. The minimum absolute atomic E-state index is 0.105. The van der Waals surface area contributed by atoms with Gasteiger partial charge in [0.05, 0.1) is 25.2 Å². The molecule has 4 atom stereocenters. The van der Waals surface area contributed by atoms with Crippen LogP contribution in [0.25, 0.3) is 0 Å². The van der Waals surface area contributed by atoms with E-state index in [2.05, 4.69) is 21.0 Å². The molecule has 2 bridgehead atoms. The van der Waals surface area contributed by atoms with Gasteiger partial charge in [-0.3, -0.25) is 9.59 Å². The molecule has 2 amide bonds. The van der Waals surface area contributed by atoms with E-state index >= 15 is 0 Å². The van der Waals surface area contributed by atoms with Crippen LogP contribution in [-0.2, 0) is 9.59 Å². The zero-order valence-electron chi connectivity index (χ0n) is 14.5. The highest BCUT2D eigenvalue weighted by molar-refractivity contribution is 9.10. The third-order valence-corrected chi connectivity index (χ3v) is 6.02. The molecule has 7 nitrogen and oxygen atoms in total. The van der Waals surface area contributed by atoms with Gasteiger partial charge in [-0.2, -0.15) is 15.4 Å². The molecule has 2 fully saturated rings. The quantitative estimate of drug-likeness (QED) is 0.407. The number of fused-ring (bicyclic) bond motifs is 5. The lowest BCUT2D eigenvalue weighted by Crippen LogP contribution is -2.28. The first-order valence-electron chi connectivity index (χ1n) is 8.52. The average molecular weight is 430 g/mol. The molecule has 0 N–H and O–H groups in total. The molecular weight excluding hydrogens is 414 g/mol. The normalized spacial score (nSPS) is 28.1. The van der Waals surface area contributed by atoms with Crippen LogP contribution < -0.4 is 9.47 Å². The summed E-state index contributed by atoms with van der Waals surface area (Å²) in [7, 11) is 1.49. The molecule has 1 aromatic rings. The van der Waals surface area contributed by atoms with Crippen molar-refractivity contribution in [1.29, 1.82) is 5.26 Å². The van der Waals surface area contributed by atoms with E-state index < -0.39 is 0 Å². The van der Waals surface area contributed by atoms with Crippen molar-refractivity contribution in [2.24, 2.45) is 28.8 Å². The van der Waals surface area contributed by atoms with Crippen LogP contribution in [0.1, 0.15) is 12.0 Å². The highest BCUT2D eigenvalue weighted by atomic mass is 79.9. The number of halogens is 1. The second-order valence-electron chi connectivity index (χ2n) is 6.70. The summed E-state index contributed by atoms with van der Waals surface area (Å²) in [6, 6.07) is 5.22. The first-order valence-corrected chi connectivity index (χ1v) is 9.32. The molecule has 1 heterocycles. The van der Waals surface area contributed by atoms with Crippen molar-refractivity contribution in [2.75, 3.05) is 13.7 Å². The van der Waals surface area contributed by atoms with Gasteiger partial charge in [-0.25, -0.2) is 0 Å². The number of allylic oxidation sites excluding steroid dienone is 2. The molecule has 1 aliphatic heterocycles. The highest BCUT2D eigenvalue weighted by Crippen LogP contribution is 2.52. The summed E-state index contributed by atoms with van der Waals surface area (Å²) >= 11 is 3.41. The van der Waals surface area contributed by atoms with E-state index in [-0.39, 0.29) is 42.1 Å². The Morgan fingerprint density at radius 1 is 1.26 bits per heavy atom. The fraction of sp³-hybridized carbons (Fsp3) is 0.368. The van der Waals surface area contributed by atoms with Gasteiger partial charge in [-0.1, -0.05) is 12.2 Å². The summed E-state index contributed by atoms with van der Waals surface area (Å²) < 4.78 is 11.2. The van der Waals surface area contributed by atoms with Crippen LogP contribution in [0, 0.1) is 35.0 Å². The van der Waals surface area contributed by atoms with Crippen LogP contribution in [0.15, 0.2) is 33.9 Å². The van der Waals surface area contributed by atoms with E-state index in [9.17, 15) is 9.59 Å². The number of hydrogen-bond acceptors (Lipinski definition) is 6. The van der Waals surface area contributed by atoms with Gasteiger partial charge in [-0.05, 0) is 46.3 Å². The molecule has 0 radical (unpaired) electrons. The Hall–Kier alpha value is -2.66. The number of carbonyl (C=O) groups is 2. The van der Waals surface area contributed by atoms with Gasteiger partial charge in [0.2, 0.25) is 0 Å². The van der Waals surface area contributed by atoms with Crippen molar-refractivity contribution in [2.45, 2.75) is 6.42 Å². The van der Waals surface area contributed by atoms with Crippen molar-refractivity contribution in [3.63, 3.8) is 0 Å². The smallest absolute Gasteiger partial charge is 0.254 e. The van der Waals surface area contributed by atoms with E-state index in [1.165, 1.54) is 13.3 Å². The van der Waals surface area contributed by atoms with Crippen molar-refractivity contribution in [3.8, 4) is 17.6 Å². The molecule has 0 spiro atoms. The summed E-state index contributed by atoms with van der Waals surface area (Å²) in [5, 5.41) is 13.8. The first-order chi connectivity index (χ1) is 13.0. The highest BCUT2D eigenvalue weighted by Gasteiger charge is 2.59. The number of carbonyl (C=O) groups excluding carboxylic acids is 2. The molecule has 8 heteroatoms.